The fourth-order valence-electron chi connectivity index (χ4n) is 7.16. The molecule has 0 saturated heterocycles. The van der Waals surface area contributed by atoms with Crippen LogP contribution in [0.3, 0.4) is 0 Å². The lowest BCUT2D eigenvalue weighted by atomic mass is 9.81. The molecule has 244 valence electrons. The van der Waals surface area contributed by atoms with Gasteiger partial charge in [-0.3, -0.25) is 9.59 Å². The summed E-state index contributed by atoms with van der Waals surface area (Å²) in [4.78, 5) is 25.8. The molecule has 8 heteroatoms. The number of nitrogens with one attached hydrogen (secondary N) is 2. The fraction of sp³-hybridized carbons (Fsp3) is 0.395. The molecule has 0 saturated carbocycles. The van der Waals surface area contributed by atoms with Gasteiger partial charge in [0.25, 0.3) is 0 Å². The van der Waals surface area contributed by atoms with Crippen molar-refractivity contribution in [1.82, 2.24) is 0 Å². The molecule has 0 spiro atoms. The lowest BCUT2D eigenvalue weighted by Gasteiger charge is -2.26. The van der Waals surface area contributed by atoms with Crippen LogP contribution in [0.5, 0.6) is 0 Å². The van der Waals surface area contributed by atoms with Crippen LogP contribution < -0.4 is 39.5 Å². The minimum atomic E-state index is -0.229. The molecule has 46 heavy (non-hydrogen) atoms. The summed E-state index contributed by atoms with van der Waals surface area (Å²) in [5.74, 6) is -0.139. The Morgan fingerprint density at radius 1 is 0.891 bits per heavy atom. The van der Waals surface area contributed by atoms with Crippen molar-refractivity contribution in [2.45, 2.75) is 85.5 Å². The van der Waals surface area contributed by atoms with Gasteiger partial charge in [-0.2, -0.15) is 4.58 Å². The van der Waals surface area contributed by atoms with Gasteiger partial charge in [-0.25, -0.2) is 0 Å². The van der Waals surface area contributed by atoms with Gasteiger partial charge in [0.2, 0.25) is 17.5 Å². The first-order valence-electron chi connectivity index (χ1n) is 16.0. The zero-order valence-corrected chi connectivity index (χ0v) is 31.2. The Kier molecular flexibility index (Phi) is 10.8. The molecule has 2 amide bonds. The summed E-state index contributed by atoms with van der Waals surface area (Å²) in [7, 11) is 0. The van der Waals surface area contributed by atoms with Gasteiger partial charge < -0.3 is 39.5 Å². The maximum Gasteiger partial charge on any atom is 0.221 e. The minimum absolute atomic E-state index is 0. The number of benzene rings is 2. The number of hydrogen-bond donors (Lipinski definition) is 2. The van der Waals surface area contributed by atoms with Crippen LogP contribution in [0.4, 0.5) is 22.7 Å². The monoisotopic (exact) mass is 752 g/mol. The van der Waals surface area contributed by atoms with E-state index in [2.05, 4.69) is 110 Å². The minimum Gasteiger partial charge on any atom is -1.00 e. The molecule has 3 aliphatic rings. The molecule has 2 aliphatic heterocycles. The Morgan fingerprint density at radius 2 is 1.52 bits per heavy atom. The Hall–Kier alpha value is -3.17. The van der Waals surface area contributed by atoms with Crippen LogP contribution >= 0.6 is 11.6 Å². The molecule has 0 fully saturated rings. The van der Waals surface area contributed by atoms with Gasteiger partial charge in [-0.05, 0) is 100 Å². The van der Waals surface area contributed by atoms with Crippen LogP contribution in [0.15, 0.2) is 82.6 Å². The highest BCUT2D eigenvalue weighted by molar-refractivity contribution is 6.32. The second-order valence-corrected chi connectivity index (χ2v) is 13.6. The van der Waals surface area contributed by atoms with E-state index in [0.29, 0.717) is 0 Å². The molecule has 6 nitrogen and oxygen atoms in total. The number of allylic oxidation sites excluding steroid dienone is 8. The quantitative estimate of drug-likeness (QED) is 0.275. The van der Waals surface area contributed by atoms with Crippen LogP contribution in [0, 0.1) is 0 Å². The highest BCUT2D eigenvalue weighted by Gasteiger charge is 2.44. The van der Waals surface area contributed by atoms with Crippen molar-refractivity contribution in [3.05, 3.63) is 93.7 Å². The highest BCUT2D eigenvalue weighted by Crippen LogP contribution is 2.49. The summed E-state index contributed by atoms with van der Waals surface area (Å²) >= 11 is 7.13. The fourth-order valence-corrected chi connectivity index (χ4v) is 7.48. The Morgan fingerprint density at radius 3 is 2.13 bits per heavy atom. The van der Waals surface area contributed by atoms with Crippen LogP contribution in [-0.2, 0) is 20.4 Å². The zero-order chi connectivity index (χ0) is 32.7. The van der Waals surface area contributed by atoms with Gasteiger partial charge in [0.1, 0.15) is 6.54 Å². The normalized spacial score (nSPS) is 19.9. The third kappa shape index (κ3) is 6.63. The van der Waals surface area contributed by atoms with Crippen molar-refractivity contribution >= 4 is 51.9 Å². The molecular formula is C38H46ClIN4O2. The van der Waals surface area contributed by atoms with E-state index in [0.717, 1.165) is 59.9 Å². The number of fused-ring (bicyclic) bond motifs is 2. The number of carbonyl (C=O) groups is 2. The first kappa shape index (κ1) is 35.7. The maximum absolute atomic E-state index is 11.7. The van der Waals surface area contributed by atoms with E-state index in [1.54, 1.807) is 0 Å². The number of carbonyl (C=O) groups excluding carboxylic acids is 2. The van der Waals surface area contributed by atoms with Crippen molar-refractivity contribution in [1.29, 1.82) is 0 Å². The van der Waals surface area contributed by atoms with E-state index in [-0.39, 0.29) is 46.6 Å². The average molecular weight is 753 g/mol. The molecule has 0 atom stereocenters. The summed E-state index contributed by atoms with van der Waals surface area (Å²) in [6.07, 6.45) is 11.8. The first-order chi connectivity index (χ1) is 21.3. The van der Waals surface area contributed by atoms with E-state index in [1.807, 2.05) is 12.1 Å². The number of hydrogen-bond acceptors (Lipinski definition) is 3. The predicted octanol–water partition coefficient (Wildman–Crippen LogP) is 5.86. The lowest BCUT2D eigenvalue weighted by Crippen LogP contribution is -3.00. The zero-order valence-electron chi connectivity index (χ0n) is 28.3. The molecule has 0 aromatic heterocycles. The second kappa shape index (κ2) is 13.9. The number of likely N-dealkylation sites (N-methyl/N-ethyl adjacent to an activating group) is 1. The smallest absolute Gasteiger partial charge is 0.221 e. The summed E-state index contributed by atoms with van der Waals surface area (Å²) in [6.45, 7) is 18.1. The van der Waals surface area contributed by atoms with Crippen LogP contribution in [-0.4, -0.2) is 35.2 Å². The number of halogens is 2. The highest BCUT2D eigenvalue weighted by atomic mass is 127. The van der Waals surface area contributed by atoms with Crippen LogP contribution in [0.25, 0.3) is 0 Å². The Balaban J connectivity index is 0.00000480. The molecular weight excluding hydrogens is 707 g/mol. The standard InChI is InChI=1S/C38H45ClN4O2.HI/c1-9-42-32-18-16-28(40-24(3)44)22-30(32)37(5,6)34(42)20-14-26-12-11-13-27(36(26)39)15-21-35-38(7,8)31-23-29(41-25(4)45)17-19-33(31)43(35)10-2;/h14-23H,9-13H2,1-8H3,(H-,40,41,44,45);1H. The predicted molar refractivity (Wildman–Crippen MR) is 188 cm³/mol. The molecule has 0 unspecified atom stereocenters. The summed E-state index contributed by atoms with van der Waals surface area (Å²) in [5, 5.41) is 6.70. The van der Waals surface area contributed by atoms with Gasteiger partial charge in [0, 0.05) is 71.3 Å². The van der Waals surface area contributed by atoms with E-state index in [1.165, 1.54) is 47.8 Å². The van der Waals surface area contributed by atoms with Gasteiger partial charge in [0.05, 0.1) is 5.41 Å². The summed E-state index contributed by atoms with van der Waals surface area (Å²) in [5.41, 5.74) is 10.7. The molecule has 0 bridgehead atoms. The van der Waals surface area contributed by atoms with Crippen molar-refractivity contribution in [2.24, 2.45) is 0 Å². The number of amides is 2. The van der Waals surface area contributed by atoms with Crippen molar-refractivity contribution < 1.29 is 38.1 Å². The first-order valence-corrected chi connectivity index (χ1v) is 16.4. The maximum atomic E-state index is 11.7. The largest absolute Gasteiger partial charge is 1.00 e. The van der Waals surface area contributed by atoms with Crippen molar-refractivity contribution in [2.75, 3.05) is 28.6 Å². The molecule has 2 heterocycles. The molecule has 1 aliphatic carbocycles. The van der Waals surface area contributed by atoms with E-state index < -0.39 is 0 Å². The van der Waals surface area contributed by atoms with Gasteiger partial charge >= 0.3 is 0 Å². The summed E-state index contributed by atoms with van der Waals surface area (Å²) in [6, 6.07) is 12.4. The van der Waals surface area contributed by atoms with E-state index >= 15 is 0 Å². The molecule has 2 aromatic carbocycles. The third-order valence-electron chi connectivity index (χ3n) is 9.40. The molecule has 0 radical (unpaired) electrons. The third-order valence-corrected chi connectivity index (χ3v) is 9.88. The van der Waals surface area contributed by atoms with Gasteiger partial charge in [-0.15, -0.1) is 0 Å². The van der Waals surface area contributed by atoms with Crippen LogP contribution in [0.1, 0.15) is 85.8 Å². The average Bonchev–Trinajstić information content (AvgIpc) is 3.32. The Labute approximate surface area is 296 Å². The molecule has 5 rings (SSSR count). The lowest BCUT2D eigenvalue weighted by molar-refractivity contribution is -0.433. The van der Waals surface area contributed by atoms with Crippen molar-refractivity contribution in [3.8, 4) is 0 Å². The molecule has 2 aromatic rings. The summed E-state index contributed by atoms with van der Waals surface area (Å²) < 4.78 is 2.36. The van der Waals surface area contributed by atoms with Gasteiger partial charge in [-0.1, -0.05) is 37.6 Å². The van der Waals surface area contributed by atoms with Crippen LogP contribution in [0.2, 0.25) is 0 Å². The number of anilines is 3. The van der Waals surface area contributed by atoms with E-state index in [9.17, 15) is 9.59 Å². The van der Waals surface area contributed by atoms with Crippen molar-refractivity contribution in [3.63, 3.8) is 0 Å². The topological polar surface area (TPSA) is 64.5 Å². The SMILES string of the molecule is CCN1/C(=C/C=C2\CCCC(/C=C/C3=[N+](CC)c4ccc(NC(C)=O)cc4C3(C)C)=C2Cl)C(C)(C)c2cc(NC(C)=O)ccc21.[I-]. The second-order valence-electron chi connectivity index (χ2n) is 13.2. The van der Waals surface area contributed by atoms with Gasteiger partial charge in [0.15, 0.2) is 5.71 Å². The van der Waals surface area contributed by atoms with E-state index in [4.69, 9.17) is 11.6 Å². The Bertz CT molecular complexity index is 1730. The number of rotatable bonds is 7. The number of nitrogens with zero attached hydrogens (tertiary/aromatic N) is 2. The molecule has 2 N–H and O–H groups in total.